The zero-order valence-electron chi connectivity index (χ0n) is 17.0. The first-order valence-electron chi connectivity index (χ1n) is 10.1. The minimum atomic E-state index is 0.136. The van der Waals surface area contributed by atoms with Gasteiger partial charge in [-0.2, -0.15) is 0 Å². The largest absolute Gasteiger partial charge is 0.369 e. The van der Waals surface area contributed by atoms with Gasteiger partial charge in [0.2, 0.25) is 0 Å². The van der Waals surface area contributed by atoms with Crippen molar-refractivity contribution in [1.29, 1.82) is 0 Å². The second-order valence-corrected chi connectivity index (χ2v) is 8.68. The Hall–Kier alpha value is -1.61. The highest BCUT2D eigenvalue weighted by molar-refractivity contribution is 5.94. The molecule has 3 rings (SSSR count). The number of rotatable bonds is 5. The van der Waals surface area contributed by atoms with Crippen LogP contribution in [-0.4, -0.2) is 43.4 Å². The molecule has 0 amide bonds. The fraction of sp³-hybridized carbons (Fsp3) is 0.609. The standard InChI is InChI=1S/C23H34N2O/c1-18-6-5-12-23(3,4)22(18)11-13-24-14-16-25(17-15-24)21-9-7-20(8-10-21)19(2)26/h7-10H,5-6,11-17H2,1-4H3. The molecule has 0 atom stereocenters. The van der Waals surface area contributed by atoms with E-state index in [0.717, 1.165) is 31.7 Å². The van der Waals surface area contributed by atoms with Crippen molar-refractivity contribution in [3.05, 3.63) is 41.0 Å². The Labute approximate surface area is 159 Å². The Morgan fingerprint density at radius 3 is 2.31 bits per heavy atom. The van der Waals surface area contributed by atoms with E-state index in [0.29, 0.717) is 5.41 Å². The Kier molecular flexibility index (Phi) is 5.86. The lowest BCUT2D eigenvalue weighted by molar-refractivity contribution is 0.101. The quantitative estimate of drug-likeness (QED) is 0.553. The number of hydrogen-bond acceptors (Lipinski definition) is 3. The van der Waals surface area contributed by atoms with E-state index in [9.17, 15) is 4.79 Å². The lowest BCUT2D eigenvalue weighted by Gasteiger charge is -2.39. The van der Waals surface area contributed by atoms with Gasteiger partial charge in [-0.1, -0.05) is 25.0 Å². The smallest absolute Gasteiger partial charge is 0.159 e. The molecular formula is C23H34N2O. The van der Waals surface area contributed by atoms with E-state index >= 15 is 0 Å². The highest BCUT2D eigenvalue weighted by atomic mass is 16.1. The molecule has 1 heterocycles. The molecular weight excluding hydrogens is 320 g/mol. The number of nitrogens with zero attached hydrogens (tertiary/aromatic N) is 2. The molecule has 0 saturated carbocycles. The van der Waals surface area contributed by atoms with Gasteiger partial charge in [-0.25, -0.2) is 0 Å². The molecule has 1 aliphatic carbocycles. The molecule has 0 aromatic heterocycles. The van der Waals surface area contributed by atoms with Crippen LogP contribution in [0.1, 0.15) is 63.7 Å². The van der Waals surface area contributed by atoms with E-state index < -0.39 is 0 Å². The normalized spacial score (nSPS) is 21.2. The summed E-state index contributed by atoms with van der Waals surface area (Å²) < 4.78 is 0. The number of ketones is 1. The van der Waals surface area contributed by atoms with E-state index in [1.807, 2.05) is 12.1 Å². The Balaban J connectivity index is 1.52. The van der Waals surface area contributed by atoms with Crippen LogP contribution in [0, 0.1) is 5.41 Å². The van der Waals surface area contributed by atoms with Crippen LogP contribution in [0.2, 0.25) is 0 Å². The molecule has 0 unspecified atom stereocenters. The monoisotopic (exact) mass is 354 g/mol. The van der Waals surface area contributed by atoms with E-state index in [-0.39, 0.29) is 5.78 Å². The Morgan fingerprint density at radius 2 is 1.73 bits per heavy atom. The van der Waals surface area contributed by atoms with Crippen molar-refractivity contribution in [3.63, 3.8) is 0 Å². The molecule has 2 aliphatic rings. The molecule has 1 aromatic carbocycles. The van der Waals surface area contributed by atoms with Gasteiger partial charge in [0.15, 0.2) is 5.78 Å². The summed E-state index contributed by atoms with van der Waals surface area (Å²) >= 11 is 0. The first kappa shape index (κ1) is 19.2. The summed E-state index contributed by atoms with van der Waals surface area (Å²) in [6.45, 7) is 14.4. The minimum Gasteiger partial charge on any atom is -0.369 e. The number of allylic oxidation sites excluding steroid dienone is 1. The van der Waals surface area contributed by atoms with Gasteiger partial charge in [-0.05, 0) is 69.2 Å². The van der Waals surface area contributed by atoms with Crippen LogP contribution in [0.4, 0.5) is 5.69 Å². The molecule has 0 spiro atoms. The van der Waals surface area contributed by atoms with E-state index in [4.69, 9.17) is 0 Å². The summed E-state index contributed by atoms with van der Waals surface area (Å²) in [4.78, 5) is 16.5. The van der Waals surface area contributed by atoms with Crippen molar-refractivity contribution >= 4 is 11.5 Å². The summed E-state index contributed by atoms with van der Waals surface area (Å²) in [5.74, 6) is 0.136. The molecule has 142 valence electrons. The van der Waals surface area contributed by atoms with E-state index in [1.54, 1.807) is 18.1 Å². The number of carbonyl (C=O) groups is 1. The fourth-order valence-corrected chi connectivity index (χ4v) is 4.63. The fourth-order valence-electron chi connectivity index (χ4n) is 4.63. The summed E-state index contributed by atoms with van der Waals surface area (Å²) in [5, 5.41) is 0. The maximum Gasteiger partial charge on any atom is 0.159 e. The number of carbonyl (C=O) groups excluding carboxylic acids is 1. The van der Waals surface area contributed by atoms with Crippen molar-refractivity contribution in [2.24, 2.45) is 5.41 Å². The zero-order chi connectivity index (χ0) is 18.7. The van der Waals surface area contributed by atoms with Crippen molar-refractivity contribution < 1.29 is 4.79 Å². The topological polar surface area (TPSA) is 23.6 Å². The third-order valence-corrected chi connectivity index (χ3v) is 6.37. The highest BCUT2D eigenvalue weighted by Gasteiger charge is 2.28. The molecule has 1 saturated heterocycles. The van der Waals surface area contributed by atoms with Crippen LogP contribution in [0.25, 0.3) is 0 Å². The lowest BCUT2D eigenvalue weighted by Crippen LogP contribution is -2.46. The van der Waals surface area contributed by atoms with Crippen LogP contribution < -0.4 is 4.90 Å². The van der Waals surface area contributed by atoms with Gasteiger partial charge in [-0.15, -0.1) is 0 Å². The minimum absolute atomic E-state index is 0.136. The van der Waals surface area contributed by atoms with Gasteiger partial charge in [0.05, 0.1) is 0 Å². The van der Waals surface area contributed by atoms with Crippen LogP contribution in [0.3, 0.4) is 0 Å². The van der Waals surface area contributed by atoms with Crippen molar-refractivity contribution in [2.75, 3.05) is 37.6 Å². The van der Waals surface area contributed by atoms with Crippen LogP contribution >= 0.6 is 0 Å². The molecule has 0 bridgehead atoms. The van der Waals surface area contributed by atoms with Crippen LogP contribution in [0.5, 0.6) is 0 Å². The predicted octanol–water partition coefficient (Wildman–Crippen LogP) is 4.93. The molecule has 1 aromatic rings. The van der Waals surface area contributed by atoms with Crippen LogP contribution in [-0.2, 0) is 0 Å². The molecule has 1 fully saturated rings. The van der Waals surface area contributed by atoms with Gasteiger partial charge in [0.1, 0.15) is 0 Å². The van der Waals surface area contributed by atoms with Crippen molar-refractivity contribution in [2.45, 2.75) is 53.4 Å². The van der Waals surface area contributed by atoms with Gasteiger partial charge in [0.25, 0.3) is 0 Å². The van der Waals surface area contributed by atoms with E-state index in [1.165, 1.54) is 37.9 Å². The number of benzene rings is 1. The summed E-state index contributed by atoms with van der Waals surface area (Å²) in [6, 6.07) is 8.07. The van der Waals surface area contributed by atoms with E-state index in [2.05, 4.69) is 42.7 Å². The zero-order valence-corrected chi connectivity index (χ0v) is 17.0. The Bertz CT molecular complexity index is 664. The third-order valence-electron chi connectivity index (χ3n) is 6.37. The second kappa shape index (κ2) is 7.96. The first-order chi connectivity index (χ1) is 12.4. The van der Waals surface area contributed by atoms with Crippen molar-refractivity contribution in [1.82, 2.24) is 4.90 Å². The molecule has 1 aliphatic heterocycles. The predicted molar refractivity (Wildman–Crippen MR) is 110 cm³/mol. The summed E-state index contributed by atoms with van der Waals surface area (Å²) in [6.07, 6.45) is 5.21. The molecule has 0 N–H and O–H groups in total. The van der Waals surface area contributed by atoms with Gasteiger partial charge >= 0.3 is 0 Å². The third kappa shape index (κ3) is 4.37. The highest BCUT2D eigenvalue weighted by Crippen LogP contribution is 2.41. The molecule has 26 heavy (non-hydrogen) atoms. The lowest BCUT2D eigenvalue weighted by atomic mass is 9.71. The van der Waals surface area contributed by atoms with Crippen molar-refractivity contribution in [3.8, 4) is 0 Å². The number of hydrogen-bond donors (Lipinski definition) is 0. The SMILES string of the molecule is CC(=O)c1ccc(N2CCN(CCC3=C(C)CCCC3(C)C)CC2)cc1. The molecule has 3 heteroatoms. The average Bonchev–Trinajstić information content (AvgIpc) is 2.61. The average molecular weight is 355 g/mol. The number of piperazine rings is 1. The first-order valence-corrected chi connectivity index (χ1v) is 10.1. The van der Waals surface area contributed by atoms with Crippen LogP contribution in [0.15, 0.2) is 35.4 Å². The molecule has 3 nitrogen and oxygen atoms in total. The van der Waals surface area contributed by atoms with Gasteiger partial charge < -0.3 is 4.90 Å². The second-order valence-electron chi connectivity index (χ2n) is 8.68. The van der Waals surface area contributed by atoms with Gasteiger partial charge in [0, 0.05) is 44.0 Å². The molecule has 0 radical (unpaired) electrons. The number of anilines is 1. The number of Topliss-reactive ketones (excluding diaryl/α,β-unsaturated/α-hetero) is 1. The maximum absolute atomic E-state index is 11.4. The Morgan fingerprint density at radius 1 is 1.08 bits per heavy atom. The van der Waals surface area contributed by atoms with Gasteiger partial charge in [-0.3, -0.25) is 9.69 Å². The summed E-state index contributed by atoms with van der Waals surface area (Å²) in [7, 11) is 0. The summed E-state index contributed by atoms with van der Waals surface area (Å²) in [5.41, 5.74) is 5.78. The maximum atomic E-state index is 11.4.